The van der Waals surface area contributed by atoms with E-state index in [1.54, 1.807) is 0 Å². The van der Waals surface area contributed by atoms with Crippen LogP contribution in [0.15, 0.2) is 6.07 Å². The zero-order valence-corrected chi connectivity index (χ0v) is 18.5. The summed E-state index contributed by atoms with van der Waals surface area (Å²) in [5.74, 6) is 0.502. The van der Waals surface area contributed by atoms with E-state index in [-0.39, 0.29) is 5.92 Å². The van der Waals surface area contributed by atoms with E-state index in [1.165, 1.54) is 0 Å². The van der Waals surface area contributed by atoms with Crippen molar-refractivity contribution >= 4 is 46.2 Å². The maximum atomic E-state index is 6.73. The predicted molar refractivity (Wildman–Crippen MR) is 117 cm³/mol. The van der Waals surface area contributed by atoms with Crippen LogP contribution < -0.4 is 11.5 Å². The van der Waals surface area contributed by atoms with Gasteiger partial charge in [0.25, 0.3) is 0 Å². The molecule has 0 saturated carbocycles. The Bertz CT molecular complexity index is 856. The molecule has 0 aliphatic heterocycles. The van der Waals surface area contributed by atoms with Gasteiger partial charge in [-0.1, -0.05) is 68.6 Å². The first kappa shape index (κ1) is 21.2. The molecule has 5 heteroatoms. The lowest BCUT2D eigenvalue weighted by atomic mass is 9.90. The highest BCUT2D eigenvalue weighted by molar-refractivity contribution is 6.38. The van der Waals surface area contributed by atoms with Gasteiger partial charge in [-0.15, -0.1) is 0 Å². The minimum Gasteiger partial charge on any atom is -0.398 e. The molecule has 0 radical (unpaired) electrons. The van der Waals surface area contributed by atoms with Crippen molar-refractivity contribution in [2.75, 3.05) is 11.5 Å². The van der Waals surface area contributed by atoms with Crippen LogP contribution in [0.4, 0.5) is 11.4 Å². The molecule has 2 aromatic carbocycles. The van der Waals surface area contributed by atoms with Gasteiger partial charge in [-0.3, -0.25) is 0 Å². The molecule has 0 spiro atoms. The van der Waals surface area contributed by atoms with Crippen LogP contribution in [0.25, 0.3) is 0 Å². The van der Waals surface area contributed by atoms with Crippen molar-refractivity contribution in [2.45, 2.75) is 59.8 Å². The van der Waals surface area contributed by atoms with Crippen molar-refractivity contribution in [3.63, 3.8) is 0 Å². The van der Waals surface area contributed by atoms with Crippen molar-refractivity contribution in [2.24, 2.45) is 0 Å². The molecule has 0 saturated heterocycles. The van der Waals surface area contributed by atoms with Gasteiger partial charge in [0.2, 0.25) is 0 Å². The van der Waals surface area contributed by atoms with Crippen molar-refractivity contribution in [1.29, 1.82) is 0 Å². The Morgan fingerprint density at radius 3 is 1.85 bits per heavy atom. The van der Waals surface area contributed by atoms with Crippen LogP contribution in [0, 0.1) is 13.8 Å². The highest BCUT2D eigenvalue weighted by atomic mass is 35.5. The molecule has 0 amide bonds. The minimum absolute atomic E-state index is 0.201. The molecule has 2 rings (SSSR count). The molecule has 0 heterocycles. The lowest BCUT2D eigenvalue weighted by Gasteiger charge is -2.22. The summed E-state index contributed by atoms with van der Waals surface area (Å²) in [6, 6.07) is 2.07. The number of rotatable bonds is 4. The molecule has 0 unspecified atom stereocenters. The number of halogens is 3. The maximum absolute atomic E-state index is 6.73. The number of hydrogen-bond donors (Lipinski definition) is 2. The molecule has 0 aliphatic rings. The van der Waals surface area contributed by atoms with Gasteiger partial charge >= 0.3 is 0 Å². The Kier molecular flexibility index (Phi) is 6.43. The molecule has 142 valence electrons. The summed E-state index contributed by atoms with van der Waals surface area (Å²) in [6.07, 6.45) is 0.540. The summed E-state index contributed by atoms with van der Waals surface area (Å²) in [6.45, 7) is 12.3. The van der Waals surface area contributed by atoms with Crippen LogP contribution in [0.5, 0.6) is 0 Å². The van der Waals surface area contributed by atoms with E-state index < -0.39 is 0 Å². The van der Waals surface area contributed by atoms with Gasteiger partial charge in [-0.25, -0.2) is 0 Å². The molecule has 0 bridgehead atoms. The van der Waals surface area contributed by atoms with Crippen LogP contribution >= 0.6 is 34.8 Å². The van der Waals surface area contributed by atoms with E-state index in [1.807, 2.05) is 13.8 Å². The molecule has 2 aromatic rings. The van der Waals surface area contributed by atoms with E-state index in [0.29, 0.717) is 33.1 Å². The predicted octanol–water partition coefficient (Wildman–Crippen LogP) is 7.27. The molecular formula is C21H27Cl3N2. The molecule has 26 heavy (non-hydrogen) atoms. The van der Waals surface area contributed by atoms with Crippen LogP contribution in [-0.4, -0.2) is 0 Å². The van der Waals surface area contributed by atoms with Gasteiger partial charge in [0, 0.05) is 22.8 Å². The topological polar surface area (TPSA) is 52.0 Å². The van der Waals surface area contributed by atoms with Crippen LogP contribution in [0.2, 0.25) is 15.1 Å². The quantitative estimate of drug-likeness (QED) is 0.518. The third kappa shape index (κ3) is 3.65. The molecule has 0 aromatic heterocycles. The van der Waals surface area contributed by atoms with Crippen molar-refractivity contribution in [3.8, 4) is 0 Å². The average molecular weight is 414 g/mol. The fourth-order valence-electron chi connectivity index (χ4n) is 3.34. The first-order chi connectivity index (χ1) is 12.0. The molecule has 0 atom stereocenters. The SMILES string of the molecule is Cc1c(N)c(C(C)C)cc(Cc2c(Cl)c(C)c(N)c(C(C)C)c2Cl)c1Cl. The Morgan fingerprint density at radius 2 is 1.35 bits per heavy atom. The van der Waals surface area contributed by atoms with Gasteiger partial charge in [0.05, 0.1) is 10.0 Å². The second-order valence-corrected chi connectivity index (χ2v) is 8.66. The first-order valence-corrected chi connectivity index (χ1v) is 9.95. The Balaban J connectivity index is 2.70. The molecule has 4 N–H and O–H groups in total. The molecule has 0 fully saturated rings. The van der Waals surface area contributed by atoms with Crippen molar-refractivity contribution < 1.29 is 0 Å². The minimum atomic E-state index is 0.201. The standard InChI is InChI=1S/C21H27Cl3N2/c1-9(2)14-7-13(17(22)11(5)20(14)25)8-15-18(23)12(6)21(26)16(10(3)4)19(15)24/h7,9-10H,8,25-26H2,1-6H3. The van der Waals surface area contributed by atoms with Gasteiger partial charge in [-0.05, 0) is 59.1 Å². The van der Waals surface area contributed by atoms with Crippen LogP contribution in [0.3, 0.4) is 0 Å². The lowest BCUT2D eigenvalue weighted by molar-refractivity contribution is 0.861. The summed E-state index contributed by atoms with van der Waals surface area (Å²) in [5, 5.41) is 1.90. The largest absolute Gasteiger partial charge is 0.398 e. The molecule has 2 nitrogen and oxygen atoms in total. The third-order valence-electron chi connectivity index (χ3n) is 5.01. The van der Waals surface area contributed by atoms with E-state index in [4.69, 9.17) is 46.3 Å². The van der Waals surface area contributed by atoms with E-state index in [0.717, 1.165) is 39.1 Å². The van der Waals surface area contributed by atoms with Crippen molar-refractivity contribution in [3.05, 3.63) is 54.5 Å². The highest BCUT2D eigenvalue weighted by Crippen LogP contribution is 2.42. The Hall–Kier alpha value is -1.09. The van der Waals surface area contributed by atoms with Gasteiger partial charge in [-0.2, -0.15) is 0 Å². The number of nitrogens with two attached hydrogens (primary N) is 2. The van der Waals surface area contributed by atoms with Crippen LogP contribution in [0.1, 0.15) is 72.9 Å². The van der Waals surface area contributed by atoms with E-state index in [2.05, 4.69) is 33.8 Å². The first-order valence-electron chi connectivity index (χ1n) is 8.82. The zero-order chi connectivity index (χ0) is 19.9. The smallest absolute Gasteiger partial charge is 0.0511 e. The summed E-state index contributed by atoms with van der Waals surface area (Å²) in [5.41, 5.74) is 19.6. The maximum Gasteiger partial charge on any atom is 0.0511 e. The summed E-state index contributed by atoms with van der Waals surface area (Å²) >= 11 is 20.0. The summed E-state index contributed by atoms with van der Waals surface area (Å²) < 4.78 is 0. The van der Waals surface area contributed by atoms with Gasteiger partial charge in [0.1, 0.15) is 0 Å². The van der Waals surface area contributed by atoms with Crippen LogP contribution in [-0.2, 0) is 6.42 Å². The summed E-state index contributed by atoms with van der Waals surface area (Å²) in [4.78, 5) is 0. The number of hydrogen-bond acceptors (Lipinski definition) is 2. The normalized spacial score (nSPS) is 11.7. The zero-order valence-electron chi connectivity index (χ0n) is 16.2. The number of benzene rings is 2. The van der Waals surface area contributed by atoms with Gasteiger partial charge in [0.15, 0.2) is 0 Å². The summed E-state index contributed by atoms with van der Waals surface area (Å²) in [7, 11) is 0. The van der Waals surface area contributed by atoms with Crippen molar-refractivity contribution in [1.82, 2.24) is 0 Å². The number of anilines is 2. The van der Waals surface area contributed by atoms with E-state index >= 15 is 0 Å². The highest BCUT2D eigenvalue weighted by Gasteiger charge is 2.22. The Morgan fingerprint density at radius 1 is 0.808 bits per heavy atom. The van der Waals surface area contributed by atoms with E-state index in [9.17, 15) is 0 Å². The fraction of sp³-hybridized carbons (Fsp3) is 0.429. The molecule has 0 aliphatic carbocycles. The lowest BCUT2D eigenvalue weighted by Crippen LogP contribution is -2.07. The molecular weight excluding hydrogens is 387 g/mol. The van der Waals surface area contributed by atoms with Gasteiger partial charge < -0.3 is 11.5 Å². The second-order valence-electron chi connectivity index (χ2n) is 7.52. The fourth-order valence-corrected chi connectivity index (χ4v) is 4.36. The Labute approximate surface area is 171 Å². The third-order valence-corrected chi connectivity index (χ3v) is 6.48. The monoisotopic (exact) mass is 412 g/mol. The average Bonchev–Trinajstić information content (AvgIpc) is 2.56. The second kappa shape index (κ2) is 7.88. The number of nitrogen functional groups attached to an aromatic ring is 2.